The predicted octanol–water partition coefficient (Wildman–Crippen LogP) is 1.93. The van der Waals surface area contributed by atoms with E-state index in [1.54, 1.807) is 0 Å². The van der Waals surface area contributed by atoms with Crippen LogP contribution in [0.3, 0.4) is 0 Å². The van der Waals surface area contributed by atoms with Crippen molar-refractivity contribution in [3.63, 3.8) is 0 Å². The van der Waals surface area contributed by atoms with Crippen LogP contribution in [0.4, 0.5) is 5.69 Å². The van der Waals surface area contributed by atoms with Crippen molar-refractivity contribution in [1.82, 2.24) is 0 Å². The molecule has 0 aromatic heterocycles. The third kappa shape index (κ3) is 2.90. The topological polar surface area (TPSA) is 46.6 Å². The van der Waals surface area contributed by atoms with Gasteiger partial charge >= 0.3 is 0 Å². The molecule has 1 aliphatic carbocycles. The minimum absolute atomic E-state index is 0.0717. The quantitative estimate of drug-likeness (QED) is 0.772. The van der Waals surface area contributed by atoms with Gasteiger partial charge in [-0.2, -0.15) is 0 Å². The van der Waals surface area contributed by atoms with Crippen LogP contribution in [0, 0.1) is 0 Å². The average molecular weight is 273 g/mol. The minimum Gasteiger partial charge on any atom is -0.378 e. The normalized spacial score (nSPS) is 21.3. The number of rotatable bonds is 2. The average Bonchev–Trinajstić information content (AvgIpc) is 2.47. The molecular weight excluding hydrogens is 254 g/mol. The highest BCUT2D eigenvalue weighted by atomic mass is 16.5. The smallest absolute Gasteiger partial charge is 0.140 e. The summed E-state index contributed by atoms with van der Waals surface area (Å²) < 4.78 is 5.35. The SMILES string of the molecule is O=C1CC(=O)CC(c2ccc(N3CCOCC3)cc2)C1. The van der Waals surface area contributed by atoms with E-state index in [1.807, 2.05) is 0 Å². The summed E-state index contributed by atoms with van der Waals surface area (Å²) in [5, 5.41) is 0. The standard InChI is InChI=1S/C16H19NO3/c18-15-9-13(10-16(19)11-15)12-1-3-14(4-2-12)17-5-7-20-8-6-17/h1-4,13H,5-11H2. The minimum atomic E-state index is 0.0717. The fourth-order valence-electron chi connectivity index (χ4n) is 3.00. The highest BCUT2D eigenvalue weighted by Crippen LogP contribution is 2.30. The predicted molar refractivity (Wildman–Crippen MR) is 76.1 cm³/mol. The van der Waals surface area contributed by atoms with Crippen LogP contribution in [-0.4, -0.2) is 37.9 Å². The van der Waals surface area contributed by atoms with E-state index in [1.165, 1.54) is 5.69 Å². The molecule has 4 nitrogen and oxygen atoms in total. The van der Waals surface area contributed by atoms with Crippen LogP contribution in [0.1, 0.15) is 30.7 Å². The number of benzene rings is 1. The van der Waals surface area contributed by atoms with Gasteiger partial charge in [-0.15, -0.1) is 0 Å². The third-order valence-electron chi connectivity index (χ3n) is 4.08. The first-order valence-corrected chi connectivity index (χ1v) is 7.18. The molecule has 20 heavy (non-hydrogen) atoms. The lowest BCUT2D eigenvalue weighted by Crippen LogP contribution is -2.36. The van der Waals surface area contributed by atoms with Crippen LogP contribution in [0.25, 0.3) is 0 Å². The molecule has 2 fully saturated rings. The number of Topliss-reactive ketones (excluding diaryl/α,β-unsaturated/α-hetero) is 2. The van der Waals surface area contributed by atoms with Crippen LogP contribution in [-0.2, 0) is 14.3 Å². The van der Waals surface area contributed by atoms with Crippen molar-refractivity contribution in [2.75, 3.05) is 31.2 Å². The van der Waals surface area contributed by atoms with Gasteiger partial charge in [-0.1, -0.05) is 12.1 Å². The van der Waals surface area contributed by atoms with Gasteiger partial charge < -0.3 is 9.64 Å². The van der Waals surface area contributed by atoms with Gasteiger partial charge in [0.25, 0.3) is 0 Å². The summed E-state index contributed by atoms with van der Waals surface area (Å²) in [6.45, 7) is 3.38. The van der Waals surface area contributed by atoms with Crippen LogP contribution in [0.2, 0.25) is 0 Å². The lowest BCUT2D eigenvalue weighted by Gasteiger charge is -2.29. The number of morpholine rings is 1. The van der Waals surface area contributed by atoms with E-state index in [-0.39, 0.29) is 23.9 Å². The maximum Gasteiger partial charge on any atom is 0.140 e. The molecule has 1 saturated carbocycles. The number of carbonyl (C=O) groups excluding carboxylic acids is 2. The van der Waals surface area contributed by atoms with Crippen LogP contribution >= 0.6 is 0 Å². The summed E-state index contributed by atoms with van der Waals surface area (Å²) in [7, 11) is 0. The monoisotopic (exact) mass is 273 g/mol. The zero-order valence-corrected chi connectivity index (χ0v) is 11.5. The summed E-state index contributed by atoms with van der Waals surface area (Å²) in [6, 6.07) is 8.29. The van der Waals surface area contributed by atoms with Crippen molar-refractivity contribution < 1.29 is 14.3 Å². The summed E-state index contributed by atoms with van der Waals surface area (Å²) >= 11 is 0. The van der Waals surface area contributed by atoms with Gasteiger partial charge in [0.15, 0.2) is 0 Å². The number of carbonyl (C=O) groups is 2. The molecule has 1 saturated heterocycles. The molecule has 0 N–H and O–H groups in total. The van der Waals surface area contributed by atoms with Crippen molar-refractivity contribution in [2.24, 2.45) is 0 Å². The largest absolute Gasteiger partial charge is 0.378 e. The second kappa shape index (κ2) is 5.75. The molecule has 0 radical (unpaired) electrons. The highest BCUT2D eigenvalue weighted by molar-refractivity contribution is 6.02. The maximum atomic E-state index is 11.5. The second-order valence-corrected chi connectivity index (χ2v) is 5.55. The summed E-state index contributed by atoms with van der Waals surface area (Å²) in [6.07, 6.45) is 1.13. The maximum absolute atomic E-state index is 11.5. The van der Waals surface area contributed by atoms with Crippen LogP contribution < -0.4 is 4.90 Å². The lowest BCUT2D eigenvalue weighted by atomic mass is 9.82. The molecule has 1 aliphatic heterocycles. The van der Waals surface area contributed by atoms with Crippen molar-refractivity contribution in [2.45, 2.75) is 25.2 Å². The van der Waals surface area contributed by atoms with Crippen molar-refractivity contribution in [3.05, 3.63) is 29.8 Å². The Balaban J connectivity index is 1.72. The number of hydrogen-bond donors (Lipinski definition) is 0. The zero-order chi connectivity index (χ0) is 13.9. The number of ether oxygens (including phenoxy) is 1. The molecule has 1 aromatic carbocycles. The molecule has 2 aliphatic rings. The second-order valence-electron chi connectivity index (χ2n) is 5.55. The van der Waals surface area contributed by atoms with Crippen LogP contribution in [0.5, 0.6) is 0 Å². The Morgan fingerprint density at radius 2 is 1.55 bits per heavy atom. The van der Waals surface area contributed by atoms with Gasteiger partial charge in [0.1, 0.15) is 11.6 Å². The third-order valence-corrected chi connectivity index (χ3v) is 4.08. The van der Waals surface area contributed by atoms with Crippen molar-refractivity contribution >= 4 is 17.3 Å². The molecule has 3 rings (SSSR count). The fraction of sp³-hybridized carbons (Fsp3) is 0.500. The Morgan fingerprint density at radius 1 is 0.950 bits per heavy atom. The number of ketones is 2. The van der Waals surface area contributed by atoms with E-state index in [0.29, 0.717) is 12.8 Å². The molecule has 0 spiro atoms. The van der Waals surface area contributed by atoms with E-state index < -0.39 is 0 Å². The van der Waals surface area contributed by atoms with Gasteiger partial charge in [0.05, 0.1) is 19.6 Å². The molecule has 1 heterocycles. The van der Waals surface area contributed by atoms with Crippen LogP contribution in [0.15, 0.2) is 24.3 Å². The van der Waals surface area contributed by atoms with Crippen molar-refractivity contribution in [1.29, 1.82) is 0 Å². The molecule has 1 aromatic rings. The molecule has 0 amide bonds. The Morgan fingerprint density at radius 3 is 2.15 bits per heavy atom. The first-order chi connectivity index (χ1) is 9.72. The van der Waals surface area contributed by atoms with E-state index in [9.17, 15) is 9.59 Å². The Bertz CT molecular complexity index is 487. The van der Waals surface area contributed by atoms with E-state index in [2.05, 4.69) is 29.2 Å². The summed E-state index contributed by atoms with van der Waals surface area (Å²) in [4.78, 5) is 25.4. The Hall–Kier alpha value is -1.68. The molecule has 0 bridgehead atoms. The Kier molecular flexibility index (Phi) is 3.83. The first kappa shape index (κ1) is 13.3. The number of nitrogens with zero attached hydrogens (tertiary/aromatic N) is 1. The summed E-state index contributed by atoms with van der Waals surface area (Å²) in [5.74, 6) is 0.217. The summed E-state index contributed by atoms with van der Waals surface area (Å²) in [5.41, 5.74) is 2.29. The molecule has 106 valence electrons. The number of hydrogen-bond acceptors (Lipinski definition) is 4. The molecular formula is C16H19NO3. The lowest BCUT2D eigenvalue weighted by molar-refractivity contribution is -0.130. The number of anilines is 1. The Labute approximate surface area is 118 Å². The highest BCUT2D eigenvalue weighted by Gasteiger charge is 2.26. The zero-order valence-electron chi connectivity index (χ0n) is 11.5. The van der Waals surface area contributed by atoms with Gasteiger partial charge in [-0.25, -0.2) is 0 Å². The van der Waals surface area contributed by atoms with E-state index in [0.717, 1.165) is 31.9 Å². The van der Waals surface area contributed by atoms with E-state index in [4.69, 9.17) is 4.74 Å². The van der Waals surface area contributed by atoms with Gasteiger partial charge in [0.2, 0.25) is 0 Å². The fourth-order valence-corrected chi connectivity index (χ4v) is 3.00. The van der Waals surface area contributed by atoms with Gasteiger partial charge in [-0.3, -0.25) is 9.59 Å². The first-order valence-electron chi connectivity index (χ1n) is 7.18. The molecule has 0 atom stereocenters. The van der Waals surface area contributed by atoms with Gasteiger partial charge in [-0.05, 0) is 23.6 Å². The molecule has 4 heteroatoms. The van der Waals surface area contributed by atoms with E-state index >= 15 is 0 Å². The van der Waals surface area contributed by atoms with Gasteiger partial charge in [0, 0.05) is 31.6 Å². The molecule has 0 unspecified atom stereocenters. The van der Waals surface area contributed by atoms with Crippen molar-refractivity contribution in [3.8, 4) is 0 Å².